The molecule has 2 aromatic rings. The van der Waals surface area contributed by atoms with Crippen LogP contribution in [0.1, 0.15) is 39.0 Å². The Labute approximate surface area is 179 Å². The zero-order chi connectivity index (χ0) is 20.8. The zero-order valence-electron chi connectivity index (χ0n) is 18.0. The van der Waals surface area contributed by atoms with Crippen LogP contribution in [0.4, 0.5) is 5.82 Å². The van der Waals surface area contributed by atoms with Crippen molar-refractivity contribution in [3.8, 4) is 11.3 Å². The molecule has 0 saturated carbocycles. The van der Waals surface area contributed by atoms with Crippen molar-refractivity contribution >= 4 is 11.7 Å². The lowest BCUT2D eigenvalue weighted by Gasteiger charge is -2.34. The van der Waals surface area contributed by atoms with Gasteiger partial charge in [-0.05, 0) is 51.3 Å². The summed E-state index contributed by atoms with van der Waals surface area (Å²) in [5.74, 6) is 1.06. The quantitative estimate of drug-likeness (QED) is 0.796. The summed E-state index contributed by atoms with van der Waals surface area (Å²) in [6.07, 6.45) is 5.83. The lowest BCUT2D eigenvalue weighted by molar-refractivity contribution is -0.125. The van der Waals surface area contributed by atoms with Crippen molar-refractivity contribution in [3.63, 3.8) is 0 Å². The van der Waals surface area contributed by atoms with Gasteiger partial charge in [0, 0.05) is 37.8 Å². The molecule has 6 nitrogen and oxygen atoms in total. The number of nitrogens with one attached hydrogen (secondary N) is 1. The number of piperidine rings is 2. The minimum absolute atomic E-state index is 0.0214. The number of rotatable bonds is 6. The second-order valence-corrected chi connectivity index (χ2v) is 8.60. The Balaban J connectivity index is 1.29. The second kappa shape index (κ2) is 10.0. The molecule has 6 heteroatoms. The first-order valence-electron chi connectivity index (χ1n) is 11.4. The van der Waals surface area contributed by atoms with Gasteiger partial charge in [-0.1, -0.05) is 36.8 Å². The molecule has 2 aliphatic rings. The molecule has 30 heavy (non-hydrogen) atoms. The fourth-order valence-electron chi connectivity index (χ4n) is 4.61. The van der Waals surface area contributed by atoms with Gasteiger partial charge in [-0.15, -0.1) is 10.2 Å². The summed E-state index contributed by atoms with van der Waals surface area (Å²) < 4.78 is 0. The minimum Gasteiger partial charge on any atom is -0.355 e. The number of anilines is 1. The van der Waals surface area contributed by atoms with Crippen molar-refractivity contribution in [1.82, 2.24) is 20.4 Å². The molecule has 1 amide bonds. The highest BCUT2D eigenvalue weighted by atomic mass is 16.1. The van der Waals surface area contributed by atoms with Crippen LogP contribution in [0.2, 0.25) is 0 Å². The van der Waals surface area contributed by atoms with Gasteiger partial charge in [0.25, 0.3) is 0 Å². The first-order valence-corrected chi connectivity index (χ1v) is 11.4. The monoisotopic (exact) mass is 407 g/mol. The van der Waals surface area contributed by atoms with Crippen LogP contribution in [0.25, 0.3) is 11.3 Å². The van der Waals surface area contributed by atoms with Crippen LogP contribution in [0, 0.1) is 5.92 Å². The highest BCUT2D eigenvalue weighted by molar-refractivity contribution is 5.79. The van der Waals surface area contributed by atoms with Crippen LogP contribution in [0.5, 0.6) is 0 Å². The molecule has 1 aromatic heterocycles. The van der Waals surface area contributed by atoms with Crippen LogP contribution in [-0.2, 0) is 4.79 Å². The van der Waals surface area contributed by atoms with Gasteiger partial charge in [0.2, 0.25) is 5.91 Å². The SMILES string of the molecule is C[C@H]1CCCCN1CCNC(=O)[C@H]1CCCN(c2ccc(-c3ccccc3)nn2)C1. The molecule has 2 saturated heterocycles. The third-order valence-electron chi connectivity index (χ3n) is 6.48. The van der Waals surface area contributed by atoms with Gasteiger partial charge in [0.1, 0.15) is 0 Å². The van der Waals surface area contributed by atoms with Gasteiger partial charge >= 0.3 is 0 Å². The lowest BCUT2D eigenvalue weighted by atomic mass is 9.97. The Hall–Kier alpha value is -2.47. The smallest absolute Gasteiger partial charge is 0.224 e. The van der Waals surface area contributed by atoms with Gasteiger partial charge in [-0.2, -0.15) is 0 Å². The standard InChI is InChI=1S/C24H33N5O/c1-19-8-5-6-15-28(19)17-14-25-24(30)21-11-7-16-29(18-21)23-13-12-22(26-27-23)20-9-3-2-4-10-20/h2-4,9-10,12-13,19,21H,5-8,11,14-18H2,1H3,(H,25,30)/t19-,21-/m0/s1. The van der Waals surface area contributed by atoms with E-state index in [1.54, 1.807) is 0 Å². The van der Waals surface area contributed by atoms with E-state index in [2.05, 4.69) is 32.2 Å². The summed E-state index contributed by atoms with van der Waals surface area (Å²) in [6.45, 7) is 6.79. The van der Waals surface area contributed by atoms with Crippen molar-refractivity contribution in [2.75, 3.05) is 37.6 Å². The lowest BCUT2D eigenvalue weighted by Crippen LogP contribution is -2.46. The van der Waals surface area contributed by atoms with Gasteiger partial charge < -0.3 is 10.2 Å². The number of amides is 1. The van der Waals surface area contributed by atoms with E-state index in [4.69, 9.17) is 0 Å². The van der Waals surface area contributed by atoms with E-state index < -0.39 is 0 Å². The minimum atomic E-state index is 0.0214. The molecule has 3 heterocycles. The van der Waals surface area contributed by atoms with E-state index in [0.717, 1.165) is 56.1 Å². The third-order valence-corrected chi connectivity index (χ3v) is 6.48. The fourth-order valence-corrected chi connectivity index (χ4v) is 4.61. The Morgan fingerprint density at radius 3 is 2.67 bits per heavy atom. The molecule has 2 atom stereocenters. The van der Waals surface area contributed by atoms with Crippen molar-refractivity contribution in [3.05, 3.63) is 42.5 Å². The number of carbonyl (C=O) groups is 1. The van der Waals surface area contributed by atoms with Gasteiger partial charge in [-0.3, -0.25) is 9.69 Å². The number of hydrogen-bond donors (Lipinski definition) is 1. The first kappa shape index (κ1) is 20.8. The Morgan fingerprint density at radius 2 is 1.90 bits per heavy atom. The molecule has 0 aliphatic carbocycles. The molecule has 2 fully saturated rings. The number of nitrogens with zero attached hydrogens (tertiary/aromatic N) is 4. The number of aromatic nitrogens is 2. The summed E-state index contributed by atoms with van der Waals surface area (Å²) in [6, 6.07) is 14.8. The average molecular weight is 408 g/mol. The van der Waals surface area contributed by atoms with Crippen LogP contribution >= 0.6 is 0 Å². The number of hydrogen-bond acceptors (Lipinski definition) is 5. The first-order chi connectivity index (χ1) is 14.7. The highest BCUT2D eigenvalue weighted by Crippen LogP contribution is 2.23. The molecule has 0 radical (unpaired) electrons. The Kier molecular flexibility index (Phi) is 6.95. The van der Waals surface area contributed by atoms with Gasteiger partial charge in [0.15, 0.2) is 5.82 Å². The number of likely N-dealkylation sites (tertiary alicyclic amines) is 1. The van der Waals surface area contributed by atoms with Crippen molar-refractivity contribution in [2.45, 2.75) is 45.1 Å². The molecule has 1 N–H and O–H groups in total. The topological polar surface area (TPSA) is 61.4 Å². The molecule has 2 aliphatic heterocycles. The Bertz CT molecular complexity index is 810. The predicted molar refractivity (Wildman–Crippen MR) is 120 cm³/mol. The van der Waals surface area contributed by atoms with E-state index >= 15 is 0 Å². The number of carbonyl (C=O) groups excluding carboxylic acids is 1. The van der Waals surface area contributed by atoms with Crippen LogP contribution < -0.4 is 10.2 Å². The molecule has 160 valence electrons. The molecular weight excluding hydrogens is 374 g/mol. The van der Waals surface area contributed by atoms with E-state index in [9.17, 15) is 4.79 Å². The summed E-state index contributed by atoms with van der Waals surface area (Å²) in [7, 11) is 0. The van der Waals surface area contributed by atoms with E-state index in [0.29, 0.717) is 12.6 Å². The highest BCUT2D eigenvalue weighted by Gasteiger charge is 2.27. The molecule has 1 aromatic carbocycles. The van der Waals surface area contributed by atoms with E-state index in [-0.39, 0.29) is 11.8 Å². The van der Waals surface area contributed by atoms with Crippen molar-refractivity contribution in [1.29, 1.82) is 0 Å². The van der Waals surface area contributed by atoms with Crippen molar-refractivity contribution < 1.29 is 4.79 Å². The normalized spacial score (nSPS) is 22.6. The summed E-state index contributed by atoms with van der Waals surface area (Å²) in [4.78, 5) is 17.4. The van der Waals surface area contributed by atoms with Crippen molar-refractivity contribution in [2.24, 2.45) is 5.92 Å². The number of benzene rings is 1. The zero-order valence-corrected chi connectivity index (χ0v) is 18.0. The van der Waals surface area contributed by atoms with E-state index in [1.807, 2.05) is 42.5 Å². The van der Waals surface area contributed by atoms with Crippen LogP contribution in [-0.4, -0.2) is 59.8 Å². The fraction of sp³-hybridized carbons (Fsp3) is 0.542. The Morgan fingerprint density at radius 1 is 1.03 bits per heavy atom. The maximum atomic E-state index is 12.7. The second-order valence-electron chi connectivity index (χ2n) is 8.60. The van der Waals surface area contributed by atoms with Crippen LogP contribution in [0.15, 0.2) is 42.5 Å². The molecule has 4 rings (SSSR count). The molecule has 0 spiro atoms. The van der Waals surface area contributed by atoms with E-state index in [1.165, 1.54) is 19.3 Å². The molecular formula is C24H33N5O. The maximum Gasteiger partial charge on any atom is 0.224 e. The average Bonchev–Trinajstić information content (AvgIpc) is 2.81. The van der Waals surface area contributed by atoms with Crippen LogP contribution in [0.3, 0.4) is 0 Å². The largest absolute Gasteiger partial charge is 0.355 e. The summed E-state index contributed by atoms with van der Waals surface area (Å²) in [5.41, 5.74) is 1.94. The third kappa shape index (κ3) is 5.17. The van der Waals surface area contributed by atoms with Gasteiger partial charge in [-0.25, -0.2) is 0 Å². The van der Waals surface area contributed by atoms with Gasteiger partial charge in [0.05, 0.1) is 11.6 Å². The molecule has 0 unspecified atom stereocenters. The predicted octanol–water partition coefficient (Wildman–Crippen LogP) is 3.35. The maximum absolute atomic E-state index is 12.7. The summed E-state index contributed by atoms with van der Waals surface area (Å²) >= 11 is 0. The molecule has 0 bridgehead atoms. The summed E-state index contributed by atoms with van der Waals surface area (Å²) in [5, 5.41) is 12.0.